The Bertz CT molecular complexity index is 961. The van der Waals surface area contributed by atoms with Gasteiger partial charge in [0.15, 0.2) is 0 Å². The number of benzene rings is 2. The molecule has 0 saturated carbocycles. The Morgan fingerprint density at radius 2 is 1.67 bits per heavy atom. The zero-order valence-corrected chi connectivity index (χ0v) is 17.4. The van der Waals surface area contributed by atoms with Crippen molar-refractivity contribution in [2.24, 2.45) is 0 Å². The van der Waals surface area contributed by atoms with Crippen LogP contribution in [-0.2, 0) is 9.59 Å². The lowest BCUT2D eigenvalue weighted by Crippen LogP contribution is -2.50. The average molecular weight is 402 g/mol. The number of amides is 2. The highest BCUT2D eigenvalue weighted by atomic mass is 16.2. The number of hydrogen-bond acceptors (Lipinski definition) is 4. The van der Waals surface area contributed by atoms with E-state index >= 15 is 0 Å². The molecule has 30 heavy (non-hydrogen) atoms. The van der Waals surface area contributed by atoms with Crippen molar-refractivity contribution in [3.63, 3.8) is 0 Å². The normalized spacial score (nSPS) is 14.5. The number of carbonyl (C=O) groups excluding carboxylic acids is 2. The first kappa shape index (κ1) is 21.3. The zero-order valence-electron chi connectivity index (χ0n) is 17.4. The molecule has 154 valence electrons. The van der Waals surface area contributed by atoms with E-state index in [9.17, 15) is 9.59 Å². The van der Waals surface area contributed by atoms with Crippen LogP contribution in [0.25, 0.3) is 6.08 Å². The molecule has 1 aliphatic heterocycles. The van der Waals surface area contributed by atoms with Gasteiger partial charge in [-0.05, 0) is 48.7 Å². The van der Waals surface area contributed by atoms with E-state index in [1.165, 1.54) is 0 Å². The standard InChI is InChI=1S/C24H26N4O2/c1-18-4-3-5-19(2)24(18)26-22(29)17-27-12-14-28(15-13-27)23(30)11-10-20-6-8-21(16-25)9-7-20/h3-11H,12-15,17H2,1-2H3,(H,26,29)/b11-10+. The van der Waals surface area contributed by atoms with Gasteiger partial charge in [-0.25, -0.2) is 0 Å². The molecule has 0 bridgehead atoms. The second-order valence-corrected chi connectivity index (χ2v) is 7.48. The van der Waals surface area contributed by atoms with E-state index in [1.807, 2.05) is 44.2 Å². The fourth-order valence-corrected chi connectivity index (χ4v) is 3.46. The molecule has 2 aromatic carbocycles. The van der Waals surface area contributed by atoms with Crippen LogP contribution in [0.15, 0.2) is 48.5 Å². The molecule has 3 rings (SSSR count). The van der Waals surface area contributed by atoms with Crippen molar-refractivity contribution in [2.45, 2.75) is 13.8 Å². The molecule has 2 aromatic rings. The third-order valence-electron chi connectivity index (χ3n) is 5.25. The largest absolute Gasteiger partial charge is 0.337 e. The molecule has 0 aromatic heterocycles. The Kier molecular flexibility index (Phi) is 6.99. The Morgan fingerprint density at radius 1 is 1.03 bits per heavy atom. The third-order valence-corrected chi connectivity index (χ3v) is 5.25. The molecule has 1 saturated heterocycles. The molecule has 1 fully saturated rings. The molecule has 2 amide bonds. The molecular formula is C24H26N4O2. The number of carbonyl (C=O) groups is 2. The summed E-state index contributed by atoms with van der Waals surface area (Å²) in [6.07, 6.45) is 3.32. The first-order valence-corrected chi connectivity index (χ1v) is 10.0. The Labute approximate surface area is 177 Å². The van der Waals surface area contributed by atoms with E-state index in [0.29, 0.717) is 38.3 Å². The number of aryl methyl sites for hydroxylation is 2. The Balaban J connectivity index is 1.47. The Morgan fingerprint density at radius 3 is 2.27 bits per heavy atom. The van der Waals surface area contributed by atoms with Crippen molar-refractivity contribution >= 4 is 23.6 Å². The summed E-state index contributed by atoms with van der Waals surface area (Å²) in [4.78, 5) is 28.7. The summed E-state index contributed by atoms with van der Waals surface area (Å²) >= 11 is 0. The lowest BCUT2D eigenvalue weighted by molar-refractivity contribution is -0.127. The van der Waals surface area contributed by atoms with Gasteiger partial charge in [0.1, 0.15) is 0 Å². The molecule has 0 atom stereocenters. The summed E-state index contributed by atoms with van der Waals surface area (Å²) in [5, 5.41) is 11.8. The highest BCUT2D eigenvalue weighted by Crippen LogP contribution is 2.19. The van der Waals surface area contributed by atoms with Gasteiger partial charge < -0.3 is 10.2 Å². The van der Waals surface area contributed by atoms with E-state index in [2.05, 4.69) is 16.3 Å². The SMILES string of the molecule is Cc1cccc(C)c1NC(=O)CN1CCN(C(=O)/C=C/c2ccc(C#N)cc2)CC1. The molecular weight excluding hydrogens is 376 g/mol. The number of nitriles is 1. The molecule has 0 radical (unpaired) electrons. The van der Waals surface area contributed by atoms with Crippen LogP contribution in [0, 0.1) is 25.2 Å². The van der Waals surface area contributed by atoms with Gasteiger partial charge in [-0.15, -0.1) is 0 Å². The van der Waals surface area contributed by atoms with Crippen molar-refractivity contribution in [3.05, 3.63) is 70.8 Å². The van der Waals surface area contributed by atoms with Crippen LogP contribution in [0.5, 0.6) is 0 Å². The number of piperazine rings is 1. The fraction of sp³-hybridized carbons (Fsp3) is 0.292. The molecule has 0 spiro atoms. The lowest BCUT2D eigenvalue weighted by Gasteiger charge is -2.33. The molecule has 6 heteroatoms. The van der Waals surface area contributed by atoms with Crippen molar-refractivity contribution < 1.29 is 9.59 Å². The van der Waals surface area contributed by atoms with Crippen LogP contribution in [0.1, 0.15) is 22.3 Å². The van der Waals surface area contributed by atoms with Gasteiger partial charge in [-0.1, -0.05) is 30.3 Å². The first-order chi connectivity index (χ1) is 14.5. The maximum Gasteiger partial charge on any atom is 0.246 e. The van der Waals surface area contributed by atoms with Crippen molar-refractivity contribution in [1.29, 1.82) is 5.26 Å². The van der Waals surface area contributed by atoms with Crippen LogP contribution >= 0.6 is 0 Å². The Hall–Kier alpha value is -3.43. The maximum atomic E-state index is 12.4. The average Bonchev–Trinajstić information content (AvgIpc) is 2.75. The predicted octanol–water partition coefficient (Wildman–Crippen LogP) is 2.97. The summed E-state index contributed by atoms with van der Waals surface area (Å²) in [5.41, 5.74) is 4.45. The molecule has 1 aliphatic rings. The summed E-state index contributed by atoms with van der Waals surface area (Å²) in [6.45, 7) is 6.79. The van der Waals surface area contributed by atoms with Gasteiger partial charge in [0, 0.05) is 37.9 Å². The highest BCUT2D eigenvalue weighted by Gasteiger charge is 2.21. The van der Waals surface area contributed by atoms with Gasteiger partial charge in [-0.3, -0.25) is 14.5 Å². The zero-order chi connectivity index (χ0) is 21.5. The van der Waals surface area contributed by atoms with E-state index in [1.54, 1.807) is 29.2 Å². The second-order valence-electron chi connectivity index (χ2n) is 7.48. The number of para-hydroxylation sites is 1. The number of rotatable bonds is 5. The van der Waals surface area contributed by atoms with E-state index < -0.39 is 0 Å². The second kappa shape index (κ2) is 9.86. The van der Waals surface area contributed by atoms with Crippen LogP contribution in [0.4, 0.5) is 5.69 Å². The number of anilines is 1. The van der Waals surface area contributed by atoms with Crippen LogP contribution in [-0.4, -0.2) is 54.3 Å². The number of hydrogen-bond donors (Lipinski definition) is 1. The summed E-state index contributed by atoms with van der Waals surface area (Å²) in [7, 11) is 0. The van der Waals surface area contributed by atoms with Gasteiger partial charge >= 0.3 is 0 Å². The fourth-order valence-electron chi connectivity index (χ4n) is 3.46. The summed E-state index contributed by atoms with van der Waals surface area (Å²) in [5.74, 6) is -0.0770. The van der Waals surface area contributed by atoms with Crippen molar-refractivity contribution in [1.82, 2.24) is 9.80 Å². The van der Waals surface area contributed by atoms with E-state index in [0.717, 1.165) is 22.4 Å². The van der Waals surface area contributed by atoms with Gasteiger partial charge in [0.2, 0.25) is 11.8 Å². The van der Waals surface area contributed by atoms with Gasteiger partial charge in [-0.2, -0.15) is 5.26 Å². The molecule has 0 unspecified atom stereocenters. The van der Waals surface area contributed by atoms with Crippen LogP contribution < -0.4 is 5.32 Å². The van der Waals surface area contributed by atoms with E-state index in [-0.39, 0.29) is 11.8 Å². The van der Waals surface area contributed by atoms with Gasteiger partial charge in [0.25, 0.3) is 0 Å². The van der Waals surface area contributed by atoms with Crippen molar-refractivity contribution in [3.8, 4) is 6.07 Å². The number of nitrogens with zero attached hydrogens (tertiary/aromatic N) is 3. The summed E-state index contributed by atoms with van der Waals surface area (Å²) in [6, 6.07) is 15.1. The van der Waals surface area contributed by atoms with E-state index in [4.69, 9.17) is 5.26 Å². The minimum Gasteiger partial charge on any atom is -0.337 e. The molecule has 1 N–H and O–H groups in total. The number of nitrogens with one attached hydrogen (secondary N) is 1. The quantitative estimate of drug-likeness (QED) is 0.780. The third kappa shape index (κ3) is 5.56. The van der Waals surface area contributed by atoms with Gasteiger partial charge in [0.05, 0.1) is 18.2 Å². The molecule has 0 aliphatic carbocycles. The van der Waals surface area contributed by atoms with Crippen LogP contribution in [0.2, 0.25) is 0 Å². The van der Waals surface area contributed by atoms with Crippen LogP contribution in [0.3, 0.4) is 0 Å². The maximum absolute atomic E-state index is 12.4. The summed E-state index contributed by atoms with van der Waals surface area (Å²) < 4.78 is 0. The monoisotopic (exact) mass is 402 g/mol. The highest BCUT2D eigenvalue weighted by molar-refractivity contribution is 5.94. The minimum absolute atomic E-state index is 0.0344. The molecule has 6 nitrogen and oxygen atoms in total. The van der Waals surface area contributed by atoms with Crippen molar-refractivity contribution in [2.75, 3.05) is 38.0 Å². The first-order valence-electron chi connectivity index (χ1n) is 10.0. The molecule has 1 heterocycles. The minimum atomic E-state index is -0.0426. The lowest BCUT2D eigenvalue weighted by atomic mass is 10.1. The topological polar surface area (TPSA) is 76.4 Å². The predicted molar refractivity (Wildman–Crippen MR) is 118 cm³/mol. The smallest absolute Gasteiger partial charge is 0.246 e.